The van der Waals surface area contributed by atoms with Crippen LogP contribution in [0, 0.1) is 29.8 Å². The maximum atomic E-state index is 13.6. The zero-order valence-corrected chi connectivity index (χ0v) is 34.9. The predicted octanol–water partition coefficient (Wildman–Crippen LogP) is 9.85. The Kier molecular flexibility index (Phi) is 12.1. The number of imidazole rings is 1. The first-order valence-electron chi connectivity index (χ1n) is 20.3. The second kappa shape index (κ2) is 19.0. The number of pyridine rings is 6. The molecule has 11 aromatic rings. The number of aromatic nitrogens is 11. The summed E-state index contributed by atoms with van der Waals surface area (Å²) in [5.74, 6) is 1.79. The highest BCUT2D eigenvalue weighted by Crippen LogP contribution is 2.35. The van der Waals surface area contributed by atoms with Crippen molar-refractivity contribution in [3.05, 3.63) is 198 Å². The van der Waals surface area contributed by atoms with Crippen molar-refractivity contribution < 1.29 is 13.2 Å². The number of nitrogens with zero attached hydrogens (tertiary/aromatic N) is 8. The summed E-state index contributed by atoms with van der Waals surface area (Å²) in [5, 5.41) is 10.6. The standard InChI is InChI=1S/C18H12FN3.C17H11FN4O.C16H10FN5/c1-2-12-11-16(13-6-8-21-9-7-13)17(22-18(12)20)14-4-3-5-15(19)10-14;18-12-3-1-2-11(8-12)15-13(10-4-6-19-7-5-10)9-14-16(21-15)22-17(23)20-14;17-12-3-1-2-11(8-12)15-13(10-4-6-18-7-5-10)9-14-16(19-15)21-22-20-14/h1,3-11H,(H2,20,22);1-9H,(H2,20,21,22,23);1-9H,(H,19,20,21,22). The first-order valence-corrected chi connectivity index (χ1v) is 20.3. The Morgan fingerprint density at radius 1 is 0.507 bits per heavy atom. The van der Waals surface area contributed by atoms with Crippen molar-refractivity contribution in [3.8, 4) is 79.5 Å². The van der Waals surface area contributed by atoms with Crippen LogP contribution in [0.3, 0.4) is 0 Å². The monoisotopic (exact) mass is 886 g/mol. The second-order valence-corrected chi connectivity index (χ2v) is 14.6. The summed E-state index contributed by atoms with van der Waals surface area (Å²) < 4.78 is 40.7. The molecule has 0 saturated heterocycles. The van der Waals surface area contributed by atoms with Gasteiger partial charge in [0.25, 0.3) is 0 Å². The molecule has 324 valence electrons. The largest absolute Gasteiger partial charge is 0.383 e. The molecule has 67 heavy (non-hydrogen) atoms. The Labute approximate surface area is 378 Å². The highest BCUT2D eigenvalue weighted by atomic mass is 19.1. The van der Waals surface area contributed by atoms with Crippen LogP contribution in [0.15, 0.2) is 169 Å². The van der Waals surface area contributed by atoms with E-state index in [1.807, 2.05) is 54.6 Å². The summed E-state index contributed by atoms with van der Waals surface area (Å²) in [7, 11) is 0. The molecule has 0 atom stereocenters. The van der Waals surface area contributed by atoms with Crippen molar-refractivity contribution in [3.63, 3.8) is 0 Å². The van der Waals surface area contributed by atoms with E-state index in [-0.39, 0.29) is 29.0 Å². The van der Waals surface area contributed by atoms with Gasteiger partial charge in [-0.15, -0.1) is 11.5 Å². The molecule has 0 aliphatic heterocycles. The smallest absolute Gasteiger partial charge is 0.325 e. The van der Waals surface area contributed by atoms with Gasteiger partial charge in [-0.1, -0.05) is 42.3 Å². The molecule has 0 radical (unpaired) electrons. The third-order valence-electron chi connectivity index (χ3n) is 10.3. The lowest BCUT2D eigenvalue weighted by Gasteiger charge is -2.12. The van der Waals surface area contributed by atoms with Crippen LogP contribution in [0.5, 0.6) is 0 Å². The van der Waals surface area contributed by atoms with Crippen LogP contribution in [-0.2, 0) is 0 Å². The molecule has 0 fully saturated rings. The van der Waals surface area contributed by atoms with Gasteiger partial charge in [0.2, 0.25) is 5.65 Å². The third-order valence-corrected chi connectivity index (χ3v) is 10.3. The van der Waals surface area contributed by atoms with Gasteiger partial charge in [-0.25, -0.2) is 32.9 Å². The van der Waals surface area contributed by atoms with Crippen LogP contribution in [0.25, 0.3) is 89.5 Å². The van der Waals surface area contributed by atoms with Crippen LogP contribution in [0.1, 0.15) is 5.56 Å². The van der Waals surface area contributed by atoms with Gasteiger partial charge in [0.1, 0.15) is 28.8 Å². The molecule has 0 amide bonds. The summed E-state index contributed by atoms with van der Waals surface area (Å²) >= 11 is 0. The average molecular weight is 887 g/mol. The molecule has 16 heteroatoms. The highest BCUT2D eigenvalue weighted by Gasteiger charge is 2.16. The molecule has 0 aliphatic rings. The van der Waals surface area contributed by atoms with Gasteiger partial charge in [-0.2, -0.15) is 10.3 Å². The van der Waals surface area contributed by atoms with Crippen LogP contribution >= 0.6 is 0 Å². The second-order valence-electron chi connectivity index (χ2n) is 14.6. The SMILES string of the molecule is C#Cc1cc(-c2ccncc2)c(-c2cccc(F)c2)nc1N.Fc1cccc(-c2nc3n[nH]nc3cc2-c2ccncc2)c1.O=c1[nH]c2cc(-c3ccncc3)c(-c3cccc(F)c3)nc2[nH]1. The number of fused-ring (bicyclic) bond motifs is 2. The molecule has 0 saturated carbocycles. The molecule has 13 nitrogen and oxygen atoms in total. The molecule has 11 rings (SSSR count). The summed E-state index contributed by atoms with van der Waals surface area (Å²) in [4.78, 5) is 42.3. The fraction of sp³-hybridized carbons (Fsp3) is 0. The van der Waals surface area contributed by atoms with E-state index in [1.165, 1.54) is 36.4 Å². The maximum absolute atomic E-state index is 13.6. The molecular weight excluding hydrogens is 854 g/mol. The van der Waals surface area contributed by atoms with E-state index in [0.29, 0.717) is 61.7 Å². The summed E-state index contributed by atoms with van der Waals surface area (Å²) in [5.41, 5.74) is 17.2. The number of terminal acetylenes is 1. The fourth-order valence-corrected chi connectivity index (χ4v) is 7.21. The molecular formula is C51H33F3N12O. The number of H-pyrrole nitrogens is 3. The summed E-state index contributed by atoms with van der Waals surface area (Å²) in [6, 6.07) is 35.4. The lowest BCUT2D eigenvalue weighted by molar-refractivity contribution is 0.628. The number of nitrogens with two attached hydrogens (primary N) is 1. The lowest BCUT2D eigenvalue weighted by atomic mass is 9.98. The number of nitrogen functional groups attached to an aromatic ring is 1. The molecule has 8 heterocycles. The first-order chi connectivity index (χ1) is 32.7. The number of anilines is 1. The van der Waals surface area contributed by atoms with Gasteiger partial charge in [0, 0.05) is 70.6 Å². The van der Waals surface area contributed by atoms with E-state index in [2.05, 4.69) is 61.2 Å². The van der Waals surface area contributed by atoms with E-state index < -0.39 is 0 Å². The van der Waals surface area contributed by atoms with Crippen LogP contribution in [0.2, 0.25) is 0 Å². The van der Waals surface area contributed by atoms with Gasteiger partial charge in [0.15, 0.2) is 5.65 Å². The molecule has 0 spiro atoms. The Morgan fingerprint density at radius 3 is 1.46 bits per heavy atom. The van der Waals surface area contributed by atoms with Crippen molar-refractivity contribution in [1.29, 1.82) is 0 Å². The van der Waals surface area contributed by atoms with Gasteiger partial charge in [-0.05, 0) is 108 Å². The topological polar surface area (TPSA) is 194 Å². The summed E-state index contributed by atoms with van der Waals surface area (Å²) in [6.45, 7) is 0. The van der Waals surface area contributed by atoms with E-state index in [0.717, 1.165) is 33.4 Å². The Morgan fingerprint density at radius 2 is 0.970 bits per heavy atom. The Hall–Kier alpha value is -9.62. The molecule has 5 N–H and O–H groups in total. The molecule has 0 aliphatic carbocycles. The van der Waals surface area contributed by atoms with Crippen molar-refractivity contribution in [1.82, 2.24) is 55.3 Å². The molecule has 3 aromatic carbocycles. The molecule has 8 aromatic heterocycles. The number of hydrogen-bond acceptors (Lipinski definition) is 10. The number of hydrogen-bond donors (Lipinski definition) is 4. The number of rotatable bonds is 6. The maximum Gasteiger partial charge on any atom is 0.325 e. The third kappa shape index (κ3) is 9.51. The predicted molar refractivity (Wildman–Crippen MR) is 251 cm³/mol. The Balaban J connectivity index is 0.000000126. The normalized spacial score (nSPS) is 10.7. The van der Waals surface area contributed by atoms with Gasteiger partial charge in [0.05, 0.1) is 28.2 Å². The van der Waals surface area contributed by atoms with Crippen molar-refractivity contribution >= 4 is 28.1 Å². The number of benzene rings is 3. The highest BCUT2D eigenvalue weighted by molar-refractivity contribution is 5.90. The van der Waals surface area contributed by atoms with Crippen LogP contribution in [0.4, 0.5) is 19.0 Å². The minimum atomic E-state index is -0.340. The van der Waals surface area contributed by atoms with Gasteiger partial charge < -0.3 is 10.7 Å². The van der Waals surface area contributed by atoms with E-state index in [4.69, 9.17) is 12.2 Å². The van der Waals surface area contributed by atoms with E-state index >= 15 is 0 Å². The van der Waals surface area contributed by atoms with E-state index in [9.17, 15) is 18.0 Å². The number of nitrogens with one attached hydrogen (secondary N) is 3. The number of halogens is 3. The van der Waals surface area contributed by atoms with Gasteiger partial charge >= 0.3 is 5.69 Å². The van der Waals surface area contributed by atoms with Crippen LogP contribution in [-0.4, -0.2) is 55.3 Å². The Bertz CT molecular complexity index is 3630. The minimum Gasteiger partial charge on any atom is -0.383 e. The average Bonchev–Trinajstić information content (AvgIpc) is 3.99. The van der Waals surface area contributed by atoms with Crippen molar-refractivity contribution in [2.24, 2.45) is 0 Å². The summed E-state index contributed by atoms with van der Waals surface area (Å²) in [6.07, 6.45) is 15.6. The zero-order valence-electron chi connectivity index (χ0n) is 34.9. The zero-order chi connectivity index (χ0) is 46.3. The molecule has 0 unspecified atom stereocenters. The fourth-order valence-electron chi connectivity index (χ4n) is 7.21. The van der Waals surface area contributed by atoms with E-state index in [1.54, 1.807) is 73.6 Å². The lowest BCUT2D eigenvalue weighted by Crippen LogP contribution is -1.99. The van der Waals surface area contributed by atoms with Gasteiger partial charge in [-0.3, -0.25) is 19.9 Å². The quantitative estimate of drug-likeness (QED) is 0.117. The van der Waals surface area contributed by atoms with Crippen molar-refractivity contribution in [2.45, 2.75) is 0 Å². The minimum absolute atomic E-state index is 0.250. The first kappa shape index (κ1) is 42.7. The van der Waals surface area contributed by atoms with Crippen molar-refractivity contribution in [2.75, 3.05) is 5.73 Å². The molecule has 0 bridgehead atoms. The van der Waals surface area contributed by atoms with Crippen LogP contribution < -0.4 is 11.4 Å². The number of aromatic amines is 3.